The molecule has 1 aromatic rings. The molecule has 7 heteroatoms. The Morgan fingerprint density at radius 1 is 1.24 bits per heavy atom. The van der Waals surface area contributed by atoms with Crippen molar-refractivity contribution < 1.29 is 29.3 Å². The average molecular weight is 351 g/mol. The molecule has 0 spiro atoms. The number of phenols is 1. The molecule has 7 nitrogen and oxygen atoms in total. The van der Waals surface area contributed by atoms with Gasteiger partial charge in [0.15, 0.2) is 0 Å². The normalized spacial score (nSPS) is 23.9. The number of benzene rings is 1. The predicted molar refractivity (Wildman–Crippen MR) is 90.2 cm³/mol. The summed E-state index contributed by atoms with van der Waals surface area (Å²) in [6, 6.07) is 6.39. The zero-order chi connectivity index (χ0) is 18.8. The molecule has 0 aliphatic carbocycles. The third kappa shape index (κ3) is 4.63. The number of methoxy groups -OCH3 is 1. The van der Waals surface area contributed by atoms with Crippen LogP contribution in [0.15, 0.2) is 24.3 Å². The quantitative estimate of drug-likeness (QED) is 0.790. The lowest BCUT2D eigenvalue weighted by atomic mass is 9.78. The van der Waals surface area contributed by atoms with E-state index < -0.39 is 35.6 Å². The van der Waals surface area contributed by atoms with Gasteiger partial charge in [-0.05, 0) is 38.5 Å². The SMILES string of the molecule is COC(=O)[C@H]1CN(C(=O)OC(C)(C)C)C[C@@H](O)[C@@H]1c1cccc(O)c1. The van der Waals surface area contributed by atoms with Gasteiger partial charge in [0.1, 0.15) is 11.4 Å². The van der Waals surface area contributed by atoms with Crippen molar-refractivity contribution in [2.75, 3.05) is 20.2 Å². The maximum Gasteiger partial charge on any atom is 0.410 e. The van der Waals surface area contributed by atoms with Gasteiger partial charge in [-0.2, -0.15) is 0 Å². The lowest BCUT2D eigenvalue weighted by Crippen LogP contribution is -2.53. The summed E-state index contributed by atoms with van der Waals surface area (Å²) >= 11 is 0. The third-order valence-corrected chi connectivity index (χ3v) is 4.08. The fourth-order valence-electron chi connectivity index (χ4n) is 3.07. The van der Waals surface area contributed by atoms with Gasteiger partial charge >= 0.3 is 12.1 Å². The maximum atomic E-state index is 12.3. The zero-order valence-corrected chi connectivity index (χ0v) is 14.9. The highest BCUT2D eigenvalue weighted by Gasteiger charge is 2.44. The van der Waals surface area contributed by atoms with Gasteiger partial charge in [-0.1, -0.05) is 12.1 Å². The molecule has 3 atom stereocenters. The number of aliphatic hydroxyl groups is 1. The van der Waals surface area contributed by atoms with Gasteiger partial charge in [0.05, 0.1) is 25.7 Å². The van der Waals surface area contributed by atoms with Crippen LogP contribution in [0.25, 0.3) is 0 Å². The summed E-state index contributed by atoms with van der Waals surface area (Å²) in [7, 11) is 1.26. The molecule has 1 aliphatic rings. The molecule has 1 aromatic carbocycles. The molecule has 138 valence electrons. The summed E-state index contributed by atoms with van der Waals surface area (Å²) in [5, 5.41) is 20.3. The summed E-state index contributed by atoms with van der Waals surface area (Å²) in [4.78, 5) is 25.9. The van der Waals surface area contributed by atoms with Crippen LogP contribution in [0, 0.1) is 5.92 Å². The van der Waals surface area contributed by atoms with E-state index in [0.29, 0.717) is 5.56 Å². The Labute approximate surface area is 147 Å². The third-order valence-electron chi connectivity index (χ3n) is 4.08. The van der Waals surface area contributed by atoms with Crippen molar-refractivity contribution in [1.82, 2.24) is 4.90 Å². The maximum absolute atomic E-state index is 12.3. The minimum absolute atomic E-state index is 0.0305. The summed E-state index contributed by atoms with van der Waals surface area (Å²) < 4.78 is 10.2. The summed E-state index contributed by atoms with van der Waals surface area (Å²) in [5.41, 5.74) is -0.0584. The molecule has 0 aromatic heterocycles. The number of rotatable bonds is 2. The number of ether oxygens (including phenoxy) is 2. The van der Waals surface area contributed by atoms with E-state index in [1.165, 1.54) is 24.1 Å². The van der Waals surface area contributed by atoms with Crippen LogP contribution >= 0.6 is 0 Å². The van der Waals surface area contributed by atoms with Gasteiger partial charge in [-0.3, -0.25) is 4.79 Å². The number of carbonyl (C=O) groups is 2. The molecule has 2 rings (SSSR count). The second-order valence-corrected chi connectivity index (χ2v) is 7.20. The molecule has 1 fully saturated rings. The Hall–Kier alpha value is -2.28. The summed E-state index contributed by atoms with van der Waals surface area (Å²) in [5.74, 6) is -1.83. The Kier molecular flexibility index (Phi) is 5.57. The van der Waals surface area contributed by atoms with Crippen LogP contribution < -0.4 is 0 Å². The van der Waals surface area contributed by atoms with Gasteiger partial charge in [-0.15, -0.1) is 0 Å². The molecule has 0 bridgehead atoms. The highest BCUT2D eigenvalue weighted by molar-refractivity contribution is 5.76. The van der Waals surface area contributed by atoms with Crippen LogP contribution in [0.1, 0.15) is 32.3 Å². The number of aliphatic hydroxyl groups excluding tert-OH is 1. The lowest BCUT2D eigenvalue weighted by Gasteiger charge is -2.40. The highest BCUT2D eigenvalue weighted by Crippen LogP contribution is 2.36. The van der Waals surface area contributed by atoms with Crippen molar-refractivity contribution in [3.05, 3.63) is 29.8 Å². The summed E-state index contributed by atoms with van der Waals surface area (Å²) in [6.45, 7) is 5.34. The average Bonchev–Trinajstić information content (AvgIpc) is 2.51. The summed E-state index contributed by atoms with van der Waals surface area (Å²) in [6.07, 6.45) is -1.58. The standard InChI is InChI=1S/C18H25NO6/c1-18(2,3)25-17(23)19-9-13(16(22)24-4)15(14(21)10-19)11-6-5-7-12(20)8-11/h5-8,13-15,20-21H,9-10H2,1-4H3/t13-,14+,15+/m0/s1. The van der Waals surface area contributed by atoms with E-state index in [9.17, 15) is 19.8 Å². The molecule has 1 saturated heterocycles. The second kappa shape index (κ2) is 7.31. The molecule has 2 N–H and O–H groups in total. The van der Waals surface area contributed by atoms with E-state index in [2.05, 4.69) is 0 Å². The van der Waals surface area contributed by atoms with Crippen molar-refractivity contribution in [1.29, 1.82) is 0 Å². The molecular weight excluding hydrogens is 326 g/mol. The Bertz CT molecular complexity index is 639. The van der Waals surface area contributed by atoms with Crippen LogP contribution in [0.5, 0.6) is 5.75 Å². The van der Waals surface area contributed by atoms with Crippen molar-refractivity contribution in [2.24, 2.45) is 5.92 Å². The predicted octanol–water partition coefficient (Wildman–Crippen LogP) is 1.88. The first kappa shape index (κ1) is 19.1. The van der Waals surface area contributed by atoms with Crippen LogP contribution in [-0.2, 0) is 14.3 Å². The number of aromatic hydroxyl groups is 1. The zero-order valence-electron chi connectivity index (χ0n) is 14.9. The molecule has 1 aliphatic heterocycles. The smallest absolute Gasteiger partial charge is 0.410 e. The van der Waals surface area contributed by atoms with Crippen molar-refractivity contribution in [3.63, 3.8) is 0 Å². The molecular formula is C18H25NO6. The molecule has 1 heterocycles. The number of hydrogen-bond donors (Lipinski definition) is 2. The molecule has 25 heavy (non-hydrogen) atoms. The number of hydrogen-bond acceptors (Lipinski definition) is 6. The van der Waals surface area contributed by atoms with Crippen LogP contribution in [-0.4, -0.2) is 59.1 Å². The largest absolute Gasteiger partial charge is 0.508 e. The van der Waals surface area contributed by atoms with E-state index in [0.717, 1.165) is 0 Å². The Morgan fingerprint density at radius 2 is 1.92 bits per heavy atom. The van der Waals surface area contributed by atoms with Gasteiger partial charge in [0, 0.05) is 12.5 Å². The lowest BCUT2D eigenvalue weighted by molar-refractivity contribution is -0.150. The Morgan fingerprint density at radius 3 is 2.48 bits per heavy atom. The minimum atomic E-state index is -0.993. The van der Waals surface area contributed by atoms with Gasteiger partial charge in [-0.25, -0.2) is 4.79 Å². The number of likely N-dealkylation sites (tertiary alicyclic amines) is 1. The number of carbonyl (C=O) groups excluding carboxylic acids is 2. The van der Waals surface area contributed by atoms with Crippen LogP contribution in [0.4, 0.5) is 4.79 Å². The molecule has 0 radical (unpaired) electrons. The second-order valence-electron chi connectivity index (χ2n) is 7.20. The van der Waals surface area contributed by atoms with Gasteiger partial charge in [0.25, 0.3) is 0 Å². The van der Waals surface area contributed by atoms with Crippen molar-refractivity contribution in [3.8, 4) is 5.75 Å². The van der Waals surface area contributed by atoms with E-state index >= 15 is 0 Å². The van der Waals surface area contributed by atoms with Crippen LogP contribution in [0.3, 0.4) is 0 Å². The van der Waals surface area contributed by atoms with E-state index in [1.807, 2.05) is 0 Å². The number of piperidine rings is 1. The molecule has 1 amide bonds. The number of esters is 1. The topological polar surface area (TPSA) is 96.3 Å². The monoisotopic (exact) mass is 351 g/mol. The fourth-order valence-corrected chi connectivity index (χ4v) is 3.07. The minimum Gasteiger partial charge on any atom is -0.508 e. The molecule has 0 saturated carbocycles. The van der Waals surface area contributed by atoms with Crippen molar-refractivity contribution >= 4 is 12.1 Å². The van der Waals surface area contributed by atoms with E-state index in [1.54, 1.807) is 32.9 Å². The van der Waals surface area contributed by atoms with Gasteiger partial charge < -0.3 is 24.6 Å². The highest BCUT2D eigenvalue weighted by atomic mass is 16.6. The number of β-amino-alcohol motifs (C(OH)–C–C–N with tert-alkyl or cyclic N) is 1. The first-order valence-electron chi connectivity index (χ1n) is 8.15. The first-order valence-corrected chi connectivity index (χ1v) is 8.15. The van der Waals surface area contributed by atoms with E-state index in [-0.39, 0.29) is 18.8 Å². The Balaban J connectivity index is 2.28. The fraction of sp³-hybridized carbons (Fsp3) is 0.556. The number of phenolic OH excluding ortho intramolecular Hbond substituents is 1. The first-order chi connectivity index (χ1) is 11.6. The van der Waals surface area contributed by atoms with Crippen molar-refractivity contribution in [2.45, 2.75) is 38.4 Å². The van der Waals surface area contributed by atoms with Gasteiger partial charge in [0.2, 0.25) is 0 Å². The number of nitrogens with zero attached hydrogens (tertiary/aromatic N) is 1. The van der Waals surface area contributed by atoms with E-state index in [4.69, 9.17) is 9.47 Å². The number of amides is 1. The molecule has 0 unspecified atom stereocenters. The van der Waals surface area contributed by atoms with Crippen LogP contribution in [0.2, 0.25) is 0 Å².